The van der Waals surface area contributed by atoms with Crippen LogP contribution in [0.25, 0.3) is 0 Å². The molecule has 7 heteroatoms. The number of carbonyl (C=O) groups excluding carboxylic acids is 2. The Hall–Kier alpha value is -0.850. The topological polar surface area (TPSA) is 73.5 Å². The average Bonchev–Trinajstić information content (AvgIpc) is 2.38. The Balaban J connectivity index is 0.00000324. The fraction of sp³-hybridized carbons (Fsp3) is 0.833. The number of carbonyl (C=O) groups is 2. The number of piperidine rings is 1. The number of rotatable bonds is 5. The number of nitrogens with zero attached hydrogens (tertiary/aromatic N) is 1. The van der Waals surface area contributed by atoms with Gasteiger partial charge in [-0.2, -0.15) is 0 Å². The van der Waals surface area contributed by atoms with E-state index in [2.05, 4.69) is 20.9 Å². The van der Waals surface area contributed by atoms with Crippen LogP contribution < -0.4 is 16.0 Å². The molecule has 3 N–H and O–H groups in total. The van der Waals surface area contributed by atoms with Crippen LogP contribution in [0.1, 0.15) is 19.3 Å². The molecule has 19 heavy (non-hydrogen) atoms. The SMILES string of the molecule is CNCC1CCN(CCC(=O)NC(=O)NC)CC1.Cl. The van der Waals surface area contributed by atoms with Gasteiger partial charge in [0.25, 0.3) is 0 Å². The quantitative estimate of drug-likeness (QED) is 0.676. The van der Waals surface area contributed by atoms with E-state index in [-0.39, 0.29) is 18.3 Å². The number of amides is 3. The Labute approximate surface area is 121 Å². The van der Waals surface area contributed by atoms with Crippen LogP contribution in [-0.2, 0) is 4.79 Å². The van der Waals surface area contributed by atoms with E-state index in [9.17, 15) is 9.59 Å². The summed E-state index contributed by atoms with van der Waals surface area (Å²) in [7, 11) is 3.48. The summed E-state index contributed by atoms with van der Waals surface area (Å²) in [5.74, 6) is 0.539. The smallest absolute Gasteiger partial charge is 0.321 e. The van der Waals surface area contributed by atoms with Gasteiger partial charge in [-0.1, -0.05) is 0 Å². The summed E-state index contributed by atoms with van der Waals surface area (Å²) in [5.41, 5.74) is 0. The predicted octanol–water partition coefficient (Wildman–Crippen LogP) is 0.185. The molecular formula is C12H25ClN4O2. The molecular weight excluding hydrogens is 268 g/mol. The zero-order valence-corrected chi connectivity index (χ0v) is 12.5. The lowest BCUT2D eigenvalue weighted by atomic mass is 9.97. The molecule has 0 bridgehead atoms. The number of hydrogen-bond acceptors (Lipinski definition) is 4. The maximum atomic E-state index is 11.4. The highest BCUT2D eigenvalue weighted by atomic mass is 35.5. The van der Waals surface area contributed by atoms with E-state index in [1.807, 2.05) is 7.05 Å². The number of imide groups is 1. The summed E-state index contributed by atoms with van der Waals surface area (Å²) in [6.45, 7) is 3.89. The van der Waals surface area contributed by atoms with Gasteiger partial charge in [0.05, 0.1) is 0 Å². The molecule has 0 saturated carbocycles. The molecule has 3 amide bonds. The van der Waals surface area contributed by atoms with Crippen molar-refractivity contribution < 1.29 is 9.59 Å². The molecule has 6 nitrogen and oxygen atoms in total. The molecule has 0 aromatic heterocycles. The van der Waals surface area contributed by atoms with Crippen molar-refractivity contribution in [2.75, 3.05) is 40.3 Å². The van der Waals surface area contributed by atoms with Gasteiger partial charge in [0, 0.05) is 20.0 Å². The average molecular weight is 293 g/mol. The normalized spacial score (nSPS) is 16.5. The van der Waals surface area contributed by atoms with Crippen molar-refractivity contribution in [3.8, 4) is 0 Å². The van der Waals surface area contributed by atoms with Gasteiger partial charge in [-0.05, 0) is 45.4 Å². The van der Waals surface area contributed by atoms with Crippen LogP contribution in [0, 0.1) is 5.92 Å². The Bertz CT molecular complexity index is 281. The van der Waals surface area contributed by atoms with E-state index >= 15 is 0 Å². The van der Waals surface area contributed by atoms with Crippen molar-refractivity contribution in [2.24, 2.45) is 5.92 Å². The first-order valence-corrected chi connectivity index (χ1v) is 6.54. The first-order valence-electron chi connectivity index (χ1n) is 6.54. The van der Waals surface area contributed by atoms with Crippen molar-refractivity contribution >= 4 is 24.3 Å². The van der Waals surface area contributed by atoms with Gasteiger partial charge in [-0.15, -0.1) is 12.4 Å². The third-order valence-electron chi connectivity index (χ3n) is 3.34. The van der Waals surface area contributed by atoms with E-state index in [1.54, 1.807) is 0 Å². The van der Waals surface area contributed by atoms with Gasteiger partial charge >= 0.3 is 6.03 Å². The molecule has 0 radical (unpaired) electrons. The zero-order valence-electron chi connectivity index (χ0n) is 11.7. The summed E-state index contributed by atoms with van der Waals surface area (Å²) >= 11 is 0. The Morgan fingerprint density at radius 2 is 1.84 bits per heavy atom. The van der Waals surface area contributed by atoms with Gasteiger partial charge in [0.2, 0.25) is 5.91 Å². The van der Waals surface area contributed by atoms with Gasteiger partial charge < -0.3 is 15.5 Å². The molecule has 1 fully saturated rings. The van der Waals surface area contributed by atoms with Crippen LogP contribution in [0.4, 0.5) is 4.79 Å². The van der Waals surface area contributed by atoms with Gasteiger partial charge in [-0.25, -0.2) is 4.79 Å². The highest BCUT2D eigenvalue weighted by Gasteiger charge is 2.19. The Morgan fingerprint density at radius 3 is 2.37 bits per heavy atom. The molecule has 0 spiro atoms. The summed E-state index contributed by atoms with van der Waals surface area (Å²) in [6.07, 6.45) is 2.74. The summed E-state index contributed by atoms with van der Waals surface area (Å²) in [6, 6.07) is -0.437. The molecule has 0 atom stereocenters. The van der Waals surface area contributed by atoms with Crippen molar-refractivity contribution in [2.45, 2.75) is 19.3 Å². The lowest BCUT2D eigenvalue weighted by molar-refractivity contribution is -0.120. The molecule has 1 heterocycles. The molecule has 1 rings (SSSR count). The second kappa shape index (κ2) is 10.00. The monoisotopic (exact) mass is 292 g/mol. The predicted molar refractivity (Wildman–Crippen MR) is 77.6 cm³/mol. The third-order valence-corrected chi connectivity index (χ3v) is 3.34. The molecule has 0 unspecified atom stereocenters. The number of likely N-dealkylation sites (tertiary alicyclic amines) is 1. The van der Waals surface area contributed by atoms with E-state index < -0.39 is 6.03 Å². The molecule has 0 aromatic rings. The number of hydrogen-bond donors (Lipinski definition) is 3. The van der Waals surface area contributed by atoms with Crippen LogP contribution in [0.15, 0.2) is 0 Å². The highest BCUT2D eigenvalue weighted by molar-refractivity contribution is 5.94. The maximum absolute atomic E-state index is 11.4. The van der Waals surface area contributed by atoms with Crippen molar-refractivity contribution in [1.29, 1.82) is 0 Å². The molecule has 1 aliphatic rings. The van der Waals surface area contributed by atoms with E-state index in [1.165, 1.54) is 19.9 Å². The second-order valence-corrected chi connectivity index (χ2v) is 4.72. The van der Waals surface area contributed by atoms with E-state index in [0.29, 0.717) is 6.42 Å². The first-order chi connectivity index (χ1) is 8.65. The largest absolute Gasteiger partial charge is 0.341 e. The minimum atomic E-state index is -0.437. The molecule has 112 valence electrons. The summed E-state index contributed by atoms with van der Waals surface area (Å²) in [4.78, 5) is 24.6. The zero-order chi connectivity index (χ0) is 13.4. The number of halogens is 1. The van der Waals surface area contributed by atoms with Gasteiger partial charge in [-0.3, -0.25) is 10.1 Å². The lowest BCUT2D eigenvalue weighted by Gasteiger charge is -2.31. The maximum Gasteiger partial charge on any atom is 0.321 e. The number of urea groups is 1. The van der Waals surface area contributed by atoms with E-state index in [0.717, 1.165) is 32.1 Å². The van der Waals surface area contributed by atoms with E-state index in [4.69, 9.17) is 0 Å². The summed E-state index contributed by atoms with van der Waals surface area (Å²) in [5, 5.41) is 7.84. The fourth-order valence-corrected chi connectivity index (χ4v) is 2.21. The van der Waals surface area contributed by atoms with Crippen molar-refractivity contribution in [3.63, 3.8) is 0 Å². The Morgan fingerprint density at radius 1 is 1.21 bits per heavy atom. The second-order valence-electron chi connectivity index (χ2n) is 4.72. The van der Waals surface area contributed by atoms with Crippen molar-refractivity contribution in [3.05, 3.63) is 0 Å². The third kappa shape index (κ3) is 7.34. The van der Waals surface area contributed by atoms with Gasteiger partial charge in [0.15, 0.2) is 0 Å². The molecule has 1 saturated heterocycles. The van der Waals surface area contributed by atoms with Gasteiger partial charge in [0.1, 0.15) is 0 Å². The Kier molecular flexibility index (Phi) is 9.55. The highest BCUT2D eigenvalue weighted by Crippen LogP contribution is 2.16. The molecule has 1 aliphatic heterocycles. The fourth-order valence-electron chi connectivity index (χ4n) is 2.21. The van der Waals surface area contributed by atoms with Crippen LogP contribution in [0.5, 0.6) is 0 Å². The van der Waals surface area contributed by atoms with Crippen LogP contribution in [0.2, 0.25) is 0 Å². The minimum absolute atomic E-state index is 0. The lowest BCUT2D eigenvalue weighted by Crippen LogP contribution is -2.41. The van der Waals surface area contributed by atoms with Crippen LogP contribution >= 0.6 is 12.4 Å². The van der Waals surface area contributed by atoms with Crippen molar-refractivity contribution in [1.82, 2.24) is 20.9 Å². The van der Waals surface area contributed by atoms with Crippen LogP contribution in [-0.4, -0.2) is 57.1 Å². The van der Waals surface area contributed by atoms with Crippen LogP contribution in [0.3, 0.4) is 0 Å². The standard InChI is InChI=1S/C12H24N4O2.ClH/c1-13-9-10-3-6-16(7-4-10)8-5-11(17)15-12(18)14-2;/h10,13H,3-9H2,1-2H3,(H2,14,15,17,18);1H. The minimum Gasteiger partial charge on any atom is -0.341 e. The summed E-state index contributed by atoms with van der Waals surface area (Å²) < 4.78 is 0. The number of nitrogens with one attached hydrogen (secondary N) is 3. The molecule has 0 aromatic carbocycles. The molecule has 0 aliphatic carbocycles. The first kappa shape index (κ1) is 18.1.